The third-order valence-corrected chi connectivity index (χ3v) is 6.75. The van der Waals surface area contributed by atoms with Crippen molar-refractivity contribution >= 4 is 41.6 Å². The number of carbonyl (C=O) groups is 2. The van der Waals surface area contributed by atoms with E-state index in [1.54, 1.807) is 12.4 Å². The summed E-state index contributed by atoms with van der Waals surface area (Å²) >= 11 is 5.90. The smallest absolute Gasteiger partial charge is 0.407 e. The van der Waals surface area contributed by atoms with Gasteiger partial charge in [-0.2, -0.15) is 0 Å². The lowest BCUT2D eigenvalue weighted by Crippen LogP contribution is -2.48. The largest absolute Gasteiger partial charge is 0.444 e. The van der Waals surface area contributed by atoms with Crippen LogP contribution in [-0.2, 0) is 9.53 Å². The number of aliphatic imine (C=N–C) groups is 1. The molecule has 208 valence electrons. The van der Waals surface area contributed by atoms with Gasteiger partial charge in [-0.25, -0.2) is 19.8 Å². The van der Waals surface area contributed by atoms with E-state index >= 15 is 0 Å². The summed E-state index contributed by atoms with van der Waals surface area (Å²) in [4.78, 5) is 44.4. The minimum absolute atomic E-state index is 0.0393. The van der Waals surface area contributed by atoms with Crippen LogP contribution >= 0.6 is 11.6 Å². The number of likely N-dealkylation sites (N-methyl/N-ethyl adjacent to an activating group) is 1. The molecule has 0 saturated carbocycles. The average molecular weight is 547 g/mol. The molecule has 0 aliphatic carbocycles. The fraction of sp³-hybridized carbons (Fsp3) is 0.615. The third-order valence-electron chi connectivity index (χ3n) is 6.56. The summed E-state index contributed by atoms with van der Waals surface area (Å²) in [5.74, 6) is 1.16. The molecule has 3 rings (SSSR count). The highest BCUT2D eigenvalue weighted by Crippen LogP contribution is 2.22. The molecule has 12 heteroatoms. The topological polar surface area (TPSA) is 127 Å². The van der Waals surface area contributed by atoms with Gasteiger partial charge in [-0.05, 0) is 53.9 Å². The van der Waals surface area contributed by atoms with Crippen LogP contribution in [0.1, 0.15) is 53.9 Å². The van der Waals surface area contributed by atoms with Crippen LogP contribution in [0.15, 0.2) is 29.2 Å². The molecular weight excluding hydrogens is 508 g/mol. The van der Waals surface area contributed by atoms with Crippen molar-refractivity contribution in [3.63, 3.8) is 0 Å². The first-order chi connectivity index (χ1) is 18.0. The molecule has 1 atom stereocenters. The zero-order valence-electron chi connectivity index (χ0n) is 22.9. The minimum atomic E-state index is -0.547. The average Bonchev–Trinajstić information content (AvgIpc) is 3.33. The number of hydrogen-bond donors (Lipinski definition) is 2. The second-order valence-corrected chi connectivity index (χ2v) is 10.9. The predicted octanol–water partition coefficient (Wildman–Crippen LogP) is 3.50. The Balaban J connectivity index is 1.57. The lowest BCUT2D eigenvalue weighted by molar-refractivity contribution is -0.129. The van der Waals surface area contributed by atoms with Crippen LogP contribution in [0.25, 0.3) is 0 Å². The van der Waals surface area contributed by atoms with Crippen molar-refractivity contribution in [2.75, 3.05) is 37.6 Å². The molecule has 2 N–H and O–H groups in total. The van der Waals surface area contributed by atoms with E-state index in [9.17, 15) is 9.59 Å². The van der Waals surface area contributed by atoms with Crippen LogP contribution in [-0.4, -0.2) is 94.2 Å². The SMILES string of the molecule is CCN(C(=O)/C(C=N)=C/N=C(C)N1CCC(NC(=O)OC(C)(C)C)C1)C1CCN(c2ncc(Cl)cn2)CC1. The van der Waals surface area contributed by atoms with Gasteiger partial charge in [0.2, 0.25) is 5.95 Å². The van der Waals surface area contributed by atoms with Crippen molar-refractivity contribution in [2.45, 2.75) is 71.6 Å². The zero-order valence-corrected chi connectivity index (χ0v) is 23.7. The summed E-state index contributed by atoms with van der Waals surface area (Å²) in [5.41, 5.74) is -0.313. The third kappa shape index (κ3) is 8.14. The van der Waals surface area contributed by atoms with Crippen LogP contribution in [0.5, 0.6) is 0 Å². The molecule has 3 heterocycles. The van der Waals surface area contributed by atoms with Gasteiger partial charge in [-0.1, -0.05) is 11.6 Å². The zero-order chi connectivity index (χ0) is 27.9. The molecular formula is C26H39ClN8O3. The van der Waals surface area contributed by atoms with Gasteiger partial charge in [0.25, 0.3) is 5.91 Å². The van der Waals surface area contributed by atoms with E-state index in [2.05, 4.69) is 30.1 Å². The second kappa shape index (κ2) is 13.0. The van der Waals surface area contributed by atoms with Crippen LogP contribution in [0.4, 0.5) is 10.7 Å². The van der Waals surface area contributed by atoms with Gasteiger partial charge < -0.3 is 30.2 Å². The Morgan fingerprint density at radius 2 is 1.89 bits per heavy atom. The lowest BCUT2D eigenvalue weighted by atomic mass is 10.0. The van der Waals surface area contributed by atoms with E-state index in [1.807, 2.05) is 39.5 Å². The first-order valence-electron chi connectivity index (χ1n) is 13.0. The van der Waals surface area contributed by atoms with E-state index in [4.69, 9.17) is 21.7 Å². The number of rotatable bonds is 7. The number of halogens is 1. The Labute approximate surface area is 229 Å². The fourth-order valence-corrected chi connectivity index (χ4v) is 4.72. The molecule has 2 aliphatic heterocycles. The standard InChI is InChI=1S/C26H39ClN8O3/c1-6-35(22-8-11-33(12-9-22)24-30-15-20(27)16-31-24)23(36)19(13-28)14-29-18(2)34-10-7-21(17-34)32-25(37)38-26(3,4)5/h13-16,21-22,28H,6-12,17H2,1-5H3,(H,32,37)/b19-14+,28-13?,29-18?. The second-order valence-electron chi connectivity index (χ2n) is 10.5. The molecule has 0 bridgehead atoms. The molecule has 0 spiro atoms. The molecule has 2 aliphatic rings. The van der Waals surface area contributed by atoms with Gasteiger partial charge in [0.05, 0.1) is 29.0 Å². The van der Waals surface area contributed by atoms with Gasteiger partial charge in [0.1, 0.15) is 11.4 Å². The first kappa shape index (κ1) is 29.3. The van der Waals surface area contributed by atoms with E-state index in [-0.39, 0.29) is 23.6 Å². The number of anilines is 1. The van der Waals surface area contributed by atoms with Gasteiger partial charge in [0.15, 0.2) is 0 Å². The maximum absolute atomic E-state index is 13.3. The van der Waals surface area contributed by atoms with Gasteiger partial charge >= 0.3 is 6.09 Å². The summed E-state index contributed by atoms with van der Waals surface area (Å²) < 4.78 is 5.34. The first-order valence-corrected chi connectivity index (χ1v) is 13.4. The highest BCUT2D eigenvalue weighted by atomic mass is 35.5. The predicted molar refractivity (Wildman–Crippen MR) is 149 cm³/mol. The number of nitrogens with one attached hydrogen (secondary N) is 2. The number of aromatic nitrogens is 2. The van der Waals surface area contributed by atoms with E-state index in [1.165, 1.54) is 6.20 Å². The summed E-state index contributed by atoms with van der Waals surface area (Å²) in [6.45, 7) is 12.6. The number of nitrogens with zero attached hydrogens (tertiary/aromatic N) is 6. The summed E-state index contributed by atoms with van der Waals surface area (Å²) in [7, 11) is 0. The van der Waals surface area contributed by atoms with Crippen LogP contribution in [0.2, 0.25) is 5.02 Å². The molecule has 0 aromatic carbocycles. The summed E-state index contributed by atoms with van der Waals surface area (Å²) in [6.07, 6.45) is 7.60. The molecule has 38 heavy (non-hydrogen) atoms. The molecule has 2 amide bonds. The monoisotopic (exact) mass is 546 g/mol. The highest BCUT2D eigenvalue weighted by Gasteiger charge is 2.30. The van der Waals surface area contributed by atoms with Crippen LogP contribution in [0.3, 0.4) is 0 Å². The molecule has 2 fully saturated rings. The number of ether oxygens (including phenoxy) is 1. The number of amides is 2. The summed E-state index contributed by atoms with van der Waals surface area (Å²) in [6, 6.07) is 0.0188. The molecule has 1 aromatic heterocycles. The van der Waals surface area contributed by atoms with Gasteiger partial charge in [-0.15, -0.1) is 0 Å². The van der Waals surface area contributed by atoms with Crippen molar-refractivity contribution < 1.29 is 14.3 Å². The van der Waals surface area contributed by atoms with Crippen molar-refractivity contribution in [3.8, 4) is 0 Å². The Kier molecular flexibility index (Phi) is 10.1. The van der Waals surface area contributed by atoms with Crippen LogP contribution < -0.4 is 10.2 Å². The van der Waals surface area contributed by atoms with E-state index in [0.29, 0.717) is 24.1 Å². The molecule has 0 radical (unpaired) electrons. The van der Waals surface area contributed by atoms with Crippen LogP contribution in [0, 0.1) is 5.41 Å². The van der Waals surface area contributed by atoms with E-state index < -0.39 is 11.7 Å². The van der Waals surface area contributed by atoms with Gasteiger partial charge in [0, 0.05) is 51.2 Å². The van der Waals surface area contributed by atoms with Crippen molar-refractivity contribution in [1.82, 2.24) is 25.1 Å². The normalized spacial score (nSPS) is 19.4. The molecule has 11 nitrogen and oxygen atoms in total. The summed E-state index contributed by atoms with van der Waals surface area (Å²) in [5, 5.41) is 11.2. The lowest BCUT2D eigenvalue weighted by Gasteiger charge is -2.38. The Bertz CT molecular complexity index is 1050. The maximum Gasteiger partial charge on any atom is 0.407 e. The Hall–Kier alpha value is -3.21. The molecule has 1 aromatic rings. The number of alkyl carbamates (subject to hydrolysis) is 1. The maximum atomic E-state index is 13.3. The number of carbonyl (C=O) groups excluding carboxylic acids is 2. The quantitative estimate of drug-likeness (QED) is 0.304. The highest BCUT2D eigenvalue weighted by molar-refractivity contribution is 6.30. The van der Waals surface area contributed by atoms with Gasteiger partial charge in [-0.3, -0.25) is 4.79 Å². The van der Waals surface area contributed by atoms with Crippen molar-refractivity contribution in [1.29, 1.82) is 5.41 Å². The minimum Gasteiger partial charge on any atom is -0.444 e. The fourth-order valence-electron chi connectivity index (χ4n) is 4.62. The van der Waals surface area contributed by atoms with Crippen molar-refractivity contribution in [2.24, 2.45) is 4.99 Å². The molecule has 1 unspecified atom stereocenters. The number of piperidine rings is 1. The molecule has 2 saturated heterocycles. The number of hydrogen-bond acceptors (Lipinski definition) is 8. The van der Waals surface area contributed by atoms with E-state index in [0.717, 1.165) is 50.9 Å². The number of amidine groups is 1. The Morgan fingerprint density at radius 3 is 2.47 bits per heavy atom. The number of likely N-dealkylation sites (tertiary alicyclic amines) is 1. The Morgan fingerprint density at radius 1 is 1.24 bits per heavy atom. The van der Waals surface area contributed by atoms with Crippen molar-refractivity contribution in [3.05, 3.63) is 29.2 Å².